The van der Waals surface area contributed by atoms with Crippen LogP contribution in [0.2, 0.25) is 5.15 Å². The van der Waals surface area contributed by atoms with E-state index in [1.807, 2.05) is 12.1 Å². The van der Waals surface area contributed by atoms with Gasteiger partial charge < -0.3 is 4.90 Å². The molecule has 2 heterocycles. The van der Waals surface area contributed by atoms with Gasteiger partial charge in [-0.2, -0.15) is 0 Å². The van der Waals surface area contributed by atoms with Crippen LogP contribution >= 0.6 is 11.6 Å². The molecule has 1 aromatic heterocycles. The van der Waals surface area contributed by atoms with E-state index in [0.717, 1.165) is 18.3 Å². The minimum absolute atomic E-state index is 0.477. The fourth-order valence-corrected chi connectivity index (χ4v) is 3.47. The molecule has 1 atom stereocenters. The molecule has 0 N–H and O–H groups in total. The van der Waals surface area contributed by atoms with Gasteiger partial charge >= 0.3 is 0 Å². The van der Waals surface area contributed by atoms with Crippen LogP contribution < -0.4 is 4.90 Å². The molecule has 1 aromatic rings. The van der Waals surface area contributed by atoms with E-state index < -0.39 is 0 Å². The molecular formula is C13H18ClN3. The van der Waals surface area contributed by atoms with Crippen LogP contribution in [0.25, 0.3) is 0 Å². The first-order chi connectivity index (χ1) is 8.34. The zero-order valence-corrected chi connectivity index (χ0v) is 10.7. The maximum Gasteiger partial charge on any atom is 0.151 e. The highest BCUT2D eigenvalue weighted by Crippen LogP contribution is 2.37. The van der Waals surface area contributed by atoms with Crippen LogP contribution in [-0.4, -0.2) is 22.8 Å². The topological polar surface area (TPSA) is 29.0 Å². The quantitative estimate of drug-likeness (QED) is 0.808. The Balaban J connectivity index is 1.78. The van der Waals surface area contributed by atoms with Crippen LogP contribution in [0, 0.1) is 5.92 Å². The summed E-state index contributed by atoms with van der Waals surface area (Å²) in [7, 11) is 0. The van der Waals surface area contributed by atoms with Gasteiger partial charge in [-0.05, 0) is 43.7 Å². The Labute approximate surface area is 107 Å². The summed E-state index contributed by atoms with van der Waals surface area (Å²) in [4.78, 5) is 2.44. The van der Waals surface area contributed by atoms with E-state index in [1.165, 1.54) is 38.5 Å². The molecular weight excluding hydrogens is 234 g/mol. The summed E-state index contributed by atoms with van der Waals surface area (Å²) in [6, 6.07) is 4.53. The van der Waals surface area contributed by atoms with Gasteiger partial charge in [-0.25, -0.2) is 0 Å². The van der Waals surface area contributed by atoms with Gasteiger partial charge in [-0.3, -0.25) is 0 Å². The fraction of sp³-hybridized carbons (Fsp3) is 0.692. The average Bonchev–Trinajstić information content (AvgIpc) is 3.00. The summed E-state index contributed by atoms with van der Waals surface area (Å²) in [5, 5.41) is 8.66. The van der Waals surface area contributed by atoms with E-state index in [-0.39, 0.29) is 0 Å². The van der Waals surface area contributed by atoms with Crippen molar-refractivity contribution in [3.63, 3.8) is 0 Å². The van der Waals surface area contributed by atoms with Crippen LogP contribution in [0.1, 0.15) is 38.5 Å². The molecule has 2 aliphatic rings. The molecule has 0 aromatic carbocycles. The highest BCUT2D eigenvalue weighted by Gasteiger charge is 2.33. The maximum absolute atomic E-state index is 5.79. The largest absolute Gasteiger partial charge is 0.352 e. The van der Waals surface area contributed by atoms with E-state index in [4.69, 9.17) is 11.6 Å². The second-order valence-electron chi connectivity index (χ2n) is 5.16. The first kappa shape index (κ1) is 11.3. The van der Waals surface area contributed by atoms with E-state index >= 15 is 0 Å². The fourth-order valence-electron chi connectivity index (χ4n) is 3.37. The normalized spacial score (nSPS) is 25.7. The van der Waals surface area contributed by atoms with E-state index in [0.29, 0.717) is 11.2 Å². The lowest BCUT2D eigenvalue weighted by atomic mass is 9.96. The molecule has 1 saturated carbocycles. The highest BCUT2D eigenvalue weighted by atomic mass is 35.5. The molecule has 92 valence electrons. The first-order valence-corrected chi connectivity index (χ1v) is 6.98. The molecule has 0 bridgehead atoms. The smallest absolute Gasteiger partial charge is 0.151 e. The van der Waals surface area contributed by atoms with Crippen molar-refractivity contribution in [3.8, 4) is 0 Å². The van der Waals surface area contributed by atoms with Crippen molar-refractivity contribution >= 4 is 17.4 Å². The zero-order chi connectivity index (χ0) is 11.7. The Morgan fingerprint density at radius 1 is 1.06 bits per heavy atom. The molecule has 0 radical (unpaired) electrons. The molecule has 4 heteroatoms. The maximum atomic E-state index is 5.79. The summed E-state index contributed by atoms with van der Waals surface area (Å²) in [6.07, 6.45) is 8.19. The Morgan fingerprint density at radius 2 is 1.88 bits per heavy atom. The number of aromatic nitrogens is 2. The third-order valence-electron chi connectivity index (χ3n) is 4.16. The van der Waals surface area contributed by atoms with Gasteiger partial charge in [0, 0.05) is 12.6 Å². The summed E-state index contributed by atoms with van der Waals surface area (Å²) >= 11 is 5.79. The van der Waals surface area contributed by atoms with Gasteiger partial charge in [0.15, 0.2) is 11.0 Å². The van der Waals surface area contributed by atoms with Gasteiger partial charge in [-0.1, -0.05) is 24.4 Å². The molecule has 0 spiro atoms. The highest BCUT2D eigenvalue weighted by molar-refractivity contribution is 6.29. The second kappa shape index (κ2) is 4.81. The SMILES string of the molecule is Clc1ccc(N2CCCC2C2CCCC2)nn1. The van der Waals surface area contributed by atoms with Crippen LogP contribution in [0.4, 0.5) is 5.82 Å². The molecule has 2 fully saturated rings. The van der Waals surface area contributed by atoms with E-state index in [1.54, 1.807) is 0 Å². The summed E-state index contributed by atoms with van der Waals surface area (Å²) in [5.41, 5.74) is 0. The lowest BCUT2D eigenvalue weighted by Crippen LogP contribution is -2.35. The number of nitrogens with zero attached hydrogens (tertiary/aromatic N) is 3. The van der Waals surface area contributed by atoms with Gasteiger partial charge in [0.2, 0.25) is 0 Å². The minimum Gasteiger partial charge on any atom is -0.352 e. The van der Waals surface area contributed by atoms with E-state index in [2.05, 4.69) is 15.1 Å². The molecule has 0 amide bonds. The second-order valence-corrected chi connectivity index (χ2v) is 5.55. The number of hydrogen-bond donors (Lipinski definition) is 0. The van der Waals surface area contributed by atoms with Crippen molar-refractivity contribution in [2.45, 2.75) is 44.6 Å². The zero-order valence-electron chi connectivity index (χ0n) is 9.98. The van der Waals surface area contributed by atoms with Crippen LogP contribution in [-0.2, 0) is 0 Å². The van der Waals surface area contributed by atoms with Gasteiger partial charge in [0.1, 0.15) is 0 Å². The molecule has 3 nitrogen and oxygen atoms in total. The van der Waals surface area contributed by atoms with Gasteiger partial charge in [0.05, 0.1) is 0 Å². The van der Waals surface area contributed by atoms with Crippen LogP contribution in [0.3, 0.4) is 0 Å². The Kier molecular flexibility index (Phi) is 3.19. The van der Waals surface area contributed by atoms with Crippen molar-refractivity contribution in [2.24, 2.45) is 5.92 Å². The standard InChI is InChI=1S/C13H18ClN3/c14-12-7-8-13(16-15-12)17-9-3-6-11(17)10-4-1-2-5-10/h7-8,10-11H,1-6,9H2. The lowest BCUT2D eigenvalue weighted by molar-refractivity contribution is 0.428. The molecule has 1 aliphatic heterocycles. The predicted molar refractivity (Wildman–Crippen MR) is 69.4 cm³/mol. The summed E-state index contributed by atoms with van der Waals surface area (Å²) in [5.74, 6) is 1.87. The third-order valence-corrected chi connectivity index (χ3v) is 4.36. The summed E-state index contributed by atoms with van der Waals surface area (Å²) in [6.45, 7) is 1.12. The number of hydrogen-bond acceptors (Lipinski definition) is 3. The number of rotatable bonds is 2. The molecule has 1 saturated heterocycles. The number of halogens is 1. The van der Waals surface area contributed by atoms with Crippen molar-refractivity contribution in [2.75, 3.05) is 11.4 Å². The van der Waals surface area contributed by atoms with Crippen molar-refractivity contribution < 1.29 is 0 Å². The monoisotopic (exact) mass is 251 g/mol. The van der Waals surface area contributed by atoms with Crippen molar-refractivity contribution in [1.82, 2.24) is 10.2 Å². The molecule has 3 rings (SSSR count). The van der Waals surface area contributed by atoms with Crippen LogP contribution in [0.5, 0.6) is 0 Å². The Hall–Kier alpha value is -0.830. The Morgan fingerprint density at radius 3 is 2.59 bits per heavy atom. The lowest BCUT2D eigenvalue weighted by Gasteiger charge is -2.29. The average molecular weight is 252 g/mol. The summed E-state index contributed by atoms with van der Waals surface area (Å²) < 4.78 is 0. The number of anilines is 1. The third kappa shape index (κ3) is 2.25. The van der Waals surface area contributed by atoms with Gasteiger partial charge in [0.25, 0.3) is 0 Å². The van der Waals surface area contributed by atoms with Crippen molar-refractivity contribution in [3.05, 3.63) is 17.3 Å². The first-order valence-electron chi connectivity index (χ1n) is 6.60. The van der Waals surface area contributed by atoms with Crippen LogP contribution in [0.15, 0.2) is 12.1 Å². The molecule has 17 heavy (non-hydrogen) atoms. The molecule has 1 unspecified atom stereocenters. The predicted octanol–water partition coefficient (Wildman–Crippen LogP) is 3.29. The minimum atomic E-state index is 0.477. The van der Waals surface area contributed by atoms with Crippen molar-refractivity contribution in [1.29, 1.82) is 0 Å². The van der Waals surface area contributed by atoms with E-state index in [9.17, 15) is 0 Å². The van der Waals surface area contributed by atoms with Gasteiger partial charge in [-0.15, -0.1) is 10.2 Å². The molecule has 1 aliphatic carbocycles. The Bertz CT molecular complexity index is 373.